The zero-order valence-electron chi connectivity index (χ0n) is 17.1. The normalized spacial score (nSPS) is 11.2. The second kappa shape index (κ2) is 9.43. The lowest BCUT2D eigenvalue weighted by atomic mass is 10.2. The van der Waals surface area contributed by atoms with Crippen molar-refractivity contribution in [1.29, 1.82) is 0 Å². The van der Waals surface area contributed by atoms with E-state index in [4.69, 9.17) is 11.6 Å². The minimum Gasteiger partial charge on any atom is -0.322 e. The fourth-order valence-electron chi connectivity index (χ4n) is 3.06. The van der Waals surface area contributed by atoms with Crippen LogP contribution in [0.1, 0.15) is 15.9 Å². The molecule has 7 nitrogen and oxygen atoms in total. The Labute approximate surface area is 194 Å². The number of anilines is 2. The van der Waals surface area contributed by atoms with Crippen molar-refractivity contribution in [2.75, 3.05) is 10.0 Å². The molecule has 0 aliphatic carbocycles. The van der Waals surface area contributed by atoms with E-state index >= 15 is 0 Å². The lowest BCUT2D eigenvalue weighted by Gasteiger charge is -2.09. The molecule has 4 rings (SSSR count). The SMILES string of the molecule is O=C(Nc1ccc(S(=O)(=O)Nc2cccc(F)c2)cc1)c1cnn(Cc2ccccc2Cl)c1. The van der Waals surface area contributed by atoms with Gasteiger partial charge in [-0.05, 0) is 54.1 Å². The lowest BCUT2D eigenvalue weighted by molar-refractivity contribution is 0.102. The molecule has 0 bridgehead atoms. The van der Waals surface area contributed by atoms with Crippen molar-refractivity contribution >= 4 is 38.9 Å². The quantitative estimate of drug-likeness (QED) is 0.395. The lowest BCUT2D eigenvalue weighted by Crippen LogP contribution is -2.14. The fourth-order valence-corrected chi connectivity index (χ4v) is 4.30. The van der Waals surface area contributed by atoms with Crippen LogP contribution in [0.4, 0.5) is 15.8 Å². The second-order valence-electron chi connectivity index (χ2n) is 7.11. The van der Waals surface area contributed by atoms with Gasteiger partial charge in [-0.15, -0.1) is 0 Å². The molecule has 0 unspecified atom stereocenters. The number of amides is 1. The zero-order valence-corrected chi connectivity index (χ0v) is 18.6. The zero-order chi connectivity index (χ0) is 23.4. The Hall–Kier alpha value is -3.69. The Morgan fingerprint density at radius 2 is 1.76 bits per heavy atom. The topological polar surface area (TPSA) is 93.1 Å². The maximum atomic E-state index is 13.3. The number of aromatic nitrogens is 2. The van der Waals surface area contributed by atoms with Gasteiger partial charge in [0.15, 0.2) is 0 Å². The summed E-state index contributed by atoms with van der Waals surface area (Å²) in [6, 6.07) is 18.1. The molecule has 0 radical (unpaired) electrons. The molecule has 0 atom stereocenters. The summed E-state index contributed by atoms with van der Waals surface area (Å²) in [4.78, 5) is 12.5. The molecular weight excluding hydrogens is 467 g/mol. The van der Waals surface area contributed by atoms with Gasteiger partial charge < -0.3 is 5.32 Å². The molecule has 0 saturated heterocycles. The molecule has 1 aromatic heterocycles. The predicted molar refractivity (Wildman–Crippen MR) is 124 cm³/mol. The van der Waals surface area contributed by atoms with Crippen molar-refractivity contribution in [2.24, 2.45) is 0 Å². The summed E-state index contributed by atoms with van der Waals surface area (Å²) < 4.78 is 42.2. The third-order valence-corrected chi connectivity index (χ3v) is 6.45. The minimum absolute atomic E-state index is 0.0303. The summed E-state index contributed by atoms with van der Waals surface area (Å²) in [6.07, 6.45) is 3.04. The van der Waals surface area contributed by atoms with Gasteiger partial charge in [0.1, 0.15) is 5.82 Å². The second-order valence-corrected chi connectivity index (χ2v) is 9.20. The van der Waals surface area contributed by atoms with Crippen LogP contribution in [0, 0.1) is 5.82 Å². The summed E-state index contributed by atoms with van der Waals surface area (Å²) in [5.41, 5.74) is 1.73. The van der Waals surface area contributed by atoms with Crippen LogP contribution < -0.4 is 10.0 Å². The number of halogens is 2. The number of hydrogen-bond donors (Lipinski definition) is 2. The van der Waals surface area contributed by atoms with E-state index in [1.165, 1.54) is 48.7 Å². The molecule has 0 spiro atoms. The number of rotatable bonds is 7. The molecule has 2 N–H and O–H groups in total. The van der Waals surface area contributed by atoms with E-state index in [-0.39, 0.29) is 10.6 Å². The molecule has 0 fully saturated rings. The van der Waals surface area contributed by atoms with Crippen LogP contribution >= 0.6 is 11.6 Å². The van der Waals surface area contributed by atoms with E-state index in [1.54, 1.807) is 16.9 Å². The highest BCUT2D eigenvalue weighted by atomic mass is 35.5. The molecule has 1 amide bonds. The maximum Gasteiger partial charge on any atom is 0.261 e. The molecule has 3 aromatic carbocycles. The van der Waals surface area contributed by atoms with Gasteiger partial charge in [-0.3, -0.25) is 14.2 Å². The standard InChI is InChI=1S/C23H18ClFN4O3S/c24-22-7-2-1-4-16(22)14-29-15-17(13-26-29)23(30)27-19-8-10-21(11-9-19)33(31,32)28-20-6-3-5-18(25)12-20/h1-13,15,28H,14H2,(H,27,30). The first-order chi connectivity index (χ1) is 15.8. The van der Waals surface area contributed by atoms with Gasteiger partial charge in [0, 0.05) is 16.9 Å². The summed E-state index contributed by atoms with van der Waals surface area (Å²) in [5.74, 6) is -0.947. The van der Waals surface area contributed by atoms with Crippen LogP contribution in [0.25, 0.3) is 0 Å². The molecule has 33 heavy (non-hydrogen) atoms. The average Bonchev–Trinajstić information content (AvgIpc) is 3.24. The molecule has 0 aliphatic heterocycles. The first-order valence-corrected chi connectivity index (χ1v) is 11.6. The smallest absolute Gasteiger partial charge is 0.261 e. The van der Waals surface area contributed by atoms with E-state index in [0.29, 0.717) is 22.8 Å². The highest BCUT2D eigenvalue weighted by molar-refractivity contribution is 7.92. The average molecular weight is 485 g/mol. The molecule has 4 aromatic rings. The third kappa shape index (κ3) is 5.57. The number of carbonyl (C=O) groups is 1. The van der Waals surface area contributed by atoms with E-state index in [9.17, 15) is 17.6 Å². The number of hydrogen-bond acceptors (Lipinski definition) is 4. The fraction of sp³-hybridized carbons (Fsp3) is 0.0435. The van der Waals surface area contributed by atoms with Crippen molar-refractivity contribution in [3.63, 3.8) is 0 Å². The Bertz CT molecular complexity index is 1410. The van der Waals surface area contributed by atoms with Crippen LogP contribution in [0.15, 0.2) is 90.1 Å². The summed E-state index contributed by atoms with van der Waals surface area (Å²) in [5, 5.41) is 7.50. The van der Waals surface area contributed by atoms with Gasteiger partial charge in [-0.1, -0.05) is 35.9 Å². The summed E-state index contributed by atoms with van der Waals surface area (Å²) in [6.45, 7) is 0.415. The Morgan fingerprint density at radius 3 is 2.48 bits per heavy atom. The van der Waals surface area contributed by atoms with Crippen LogP contribution in [0.3, 0.4) is 0 Å². The number of nitrogens with zero attached hydrogens (tertiary/aromatic N) is 2. The Kier molecular flexibility index (Phi) is 6.43. The van der Waals surface area contributed by atoms with E-state index in [2.05, 4.69) is 15.1 Å². The van der Waals surface area contributed by atoms with Crippen LogP contribution in [-0.4, -0.2) is 24.1 Å². The van der Waals surface area contributed by atoms with Crippen molar-refractivity contribution in [2.45, 2.75) is 11.4 Å². The Morgan fingerprint density at radius 1 is 1.00 bits per heavy atom. The number of nitrogens with one attached hydrogen (secondary N) is 2. The van der Waals surface area contributed by atoms with Crippen molar-refractivity contribution < 1.29 is 17.6 Å². The van der Waals surface area contributed by atoms with E-state index in [0.717, 1.165) is 11.6 Å². The highest BCUT2D eigenvalue weighted by Gasteiger charge is 2.15. The minimum atomic E-state index is -3.91. The molecular formula is C23H18ClFN4O3S. The van der Waals surface area contributed by atoms with Crippen LogP contribution in [0.5, 0.6) is 0 Å². The highest BCUT2D eigenvalue weighted by Crippen LogP contribution is 2.20. The van der Waals surface area contributed by atoms with Crippen molar-refractivity contribution in [3.8, 4) is 0 Å². The summed E-state index contributed by atoms with van der Waals surface area (Å²) in [7, 11) is -3.91. The van der Waals surface area contributed by atoms with Crippen molar-refractivity contribution in [3.05, 3.63) is 107 Å². The first kappa shape index (κ1) is 22.5. The number of benzene rings is 3. The molecule has 168 valence electrons. The van der Waals surface area contributed by atoms with Gasteiger partial charge in [-0.2, -0.15) is 5.10 Å². The molecule has 1 heterocycles. The Balaban J connectivity index is 1.41. The summed E-state index contributed by atoms with van der Waals surface area (Å²) >= 11 is 6.16. The van der Waals surface area contributed by atoms with Crippen molar-refractivity contribution in [1.82, 2.24) is 9.78 Å². The van der Waals surface area contributed by atoms with Gasteiger partial charge in [0.25, 0.3) is 15.9 Å². The number of carbonyl (C=O) groups excluding carboxylic acids is 1. The van der Waals surface area contributed by atoms with E-state index < -0.39 is 21.7 Å². The first-order valence-electron chi connectivity index (χ1n) is 9.76. The van der Waals surface area contributed by atoms with E-state index in [1.807, 2.05) is 18.2 Å². The van der Waals surface area contributed by atoms with Crippen LogP contribution in [-0.2, 0) is 16.6 Å². The number of sulfonamides is 1. The largest absolute Gasteiger partial charge is 0.322 e. The van der Waals surface area contributed by atoms with Crippen LogP contribution in [0.2, 0.25) is 5.02 Å². The van der Waals surface area contributed by atoms with Gasteiger partial charge >= 0.3 is 0 Å². The van der Waals surface area contributed by atoms with Gasteiger partial charge in [-0.25, -0.2) is 12.8 Å². The maximum absolute atomic E-state index is 13.3. The molecule has 0 saturated carbocycles. The van der Waals surface area contributed by atoms with Gasteiger partial charge in [0.05, 0.1) is 28.9 Å². The third-order valence-electron chi connectivity index (χ3n) is 4.68. The molecule has 10 heteroatoms. The van der Waals surface area contributed by atoms with Gasteiger partial charge in [0.2, 0.25) is 0 Å². The molecule has 0 aliphatic rings. The predicted octanol–water partition coefficient (Wildman–Crippen LogP) is 4.78. The monoisotopic (exact) mass is 484 g/mol.